The molecule has 1 amide bonds. The monoisotopic (exact) mass is 265 g/mol. The minimum absolute atomic E-state index is 0.227. The zero-order valence-corrected chi connectivity index (χ0v) is 12.1. The lowest BCUT2D eigenvalue weighted by Crippen LogP contribution is -2.60. The second-order valence-electron chi connectivity index (χ2n) is 6.68. The zero-order chi connectivity index (χ0) is 13.3. The summed E-state index contributed by atoms with van der Waals surface area (Å²) in [5, 5.41) is 6.76. The topological polar surface area (TPSA) is 44.4 Å². The molecule has 3 unspecified atom stereocenters. The zero-order valence-electron chi connectivity index (χ0n) is 12.1. The highest BCUT2D eigenvalue weighted by Gasteiger charge is 2.40. The summed E-state index contributed by atoms with van der Waals surface area (Å²) in [6, 6.07) is 0.984. The van der Waals surface area contributed by atoms with Crippen LogP contribution in [0.2, 0.25) is 0 Å². The number of nitrogens with one attached hydrogen (secondary N) is 2. The van der Waals surface area contributed by atoms with E-state index in [1.165, 1.54) is 38.8 Å². The number of fused-ring (bicyclic) bond motifs is 1. The van der Waals surface area contributed by atoms with Crippen molar-refractivity contribution in [3.8, 4) is 0 Å². The molecule has 0 radical (unpaired) electrons. The molecule has 3 aliphatic rings. The van der Waals surface area contributed by atoms with Gasteiger partial charge in [-0.05, 0) is 58.5 Å². The molecule has 3 rings (SSSR count). The molecule has 0 aromatic carbocycles. The van der Waals surface area contributed by atoms with Crippen LogP contribution in [-0.4, -0.2) is 48.1 Å². The van der Waals surface area contributed by atoms with Gasteiger partial charge in [0.2, 0.25) is 5.91 Å². The maximum absolute atomic E-state index is 12.6. The van der Waals surface area contributed by atoms with E-state index in [0.29, 0.717) is 12.1 Å². The van der Waals surface area contributed by atoms with Gasteiger partial charge in [0.1, 0.15) is 0 Å². The van der Waals surface area contributed by atoms with Crippen LogP contribution in [0.1, 0.15) is 51.9 Å². The number of piperidine rings is 2. The van der Waals surface area contributed by atoms with Gasteiger partial charge in [-0.25, -0.2) is 0 Å². The Morgan fingerprint density at radius 2 is 2.11 bits per heavy atom. The smallest absolute Gasteiger partial charge is 0.240 e. The number of amides is 1. The average Bonchev–Trinajstić information content (AvgIpc) is 2.83. The van der Waals surface area contributed by atoms with Gasteiger partial charge < -0.3 is 10.6 Å². The Morgan fingerprint density at radius 1 is 1.21 bits per heavy atom. The first-order chi connectivity index (χ1) is 9.19. The maximum atomic E-state index is 12.6. The Bertz CT molecular complexity index is 338. The first kappa shape index (κ1) is 13.4. The summed E-state index contributed by atoms with van der Waals surface area (Å²) in [6.45, 7) is 5.44. The molecular formula is C15H27N3O. The maximum Gasteiger partial charge on any atom is 0.240 e. The first-order valence-corrected chi connectivity index (χ1v) is 7.99. The van der Waals surface area contributed by atoms with Crippen LogP contribution in [0, 0.1) is 0 Å². The molecular weight excluding hydrogens is 238 g/mol. The van der Waals surface area contributed by atoms with Crippen LogP contribution in [-0.2, 0) is 4.79 Å². The molecule has 2 N–H and O–H groups in total. The van der Waals surface area contributed by atoms with Gasteiger partial charge in [0.15, 0.2) is 0 Å². The minimum atomic E-state index is -0.333. The van der Waals surface area contributed by atoms with Crippen LogP contribution < -0.4 is 10.6 Å². The Balaban J connectivity index is 1.60. The summed E-state index contributed by atoms with van der Waals surface area (Å²) < 4.78 is 0. The standard InChI is InChI=1S/C15H27N3O/c1-15(8-3-4-9-16-15)14(19)17-12-7-11-18-10-5-2-6-13(12)18/h12-13,16H,2-11H2,1H3,(H,17,19). The molecule has 108 valence electrons. The summed E-state index contributed by atoms with van der Waals surface area (Å²) in [5.74, 6) is 0.227. The fourth-order valence-electron chi connectivity index (χ4n) is 3.99. The molecule has 0 aliphatic carbocycles. The van der Waals surface area contributed by atoms with Crippen molar-refractivity contribution < 1.29 is 4.79 Å². The van der Waals surface area contributed by atoms with Crippen molar-refractivity contribution in [2.45, 2.75) is 69.5 Å². The molecule has 3 aliphatic heterocycles. The molecule has 3 atom stereocenters. The van der Waals surface area contributed by atoms with E-state index < -0.39 is 0 Å². The van der Waals surface area contributed by atoms with Gasteiger partial charge in [-0.15, -0.1) is 0 Å². The van der Waals surface area contributed by atoms with Crippen LogP contribution in [0.5, 0.6) is 0 Å². The molecule has 0 spiro atoms. The molecule has 4 heteroatoms. The Kier molecular flexibility index (Phi) is 3.81. The van der Waals surface area contributed by atoms with Gasteiger partial charge in [0.25, 0.3) is 0 Å². The van der Waals surface area contributed by atoms with Crippen molar-refractivity contribution in [3.05, 3.63) is 0 Å². The van der Waals surface area contributed by atoms with Crippen LogP contribution in [0.15, 0.2) is 0 Å². The number of nitrogens with zero attached hydrogens (tertiary/aromatic N) is 1. The van der Waals surface area contributed by atoms with Crippen LogP contribution in [0.3, 0.4) is 0 Å². The van der Waals surface area contributed by atoms with Gasteiger partial charge in [0.05, 0.1) is 5.54 Å². The highest BCUT2D eigenvalue weighted by atomic mass is 16.2. The summed E-state index contributed by atoms with van der Waals surface area (Å²) >= 11 is 0. The molecule has 0 aromatic heterocycles. The van der Waals surface area contributed by atoms with Gasteiger partial charge >= 0.3 is 0 Å². The highest BCUT2D eigenvalue weighted by molar-refractivity contribution is 5.86. The van der Waals surface area contributed by atoms with Crippen molar-refractivity contribution in [2.75, 3.05) is 19.6 Å². The van der Waals surface area contributed by atoms with Crippen LogP contribution >= 0.6 is 0 Å². The van der Waals surface area contributed by atoms with E-state index in [1.807, 2.05) is 0 Å². The number of rotatable bonds is 2. The van der Waals surface area contributed by atoms with Crippen LogP contribution in [0.25, 0.3) is 0 Å². The lowest BCUT2D eigenvalue weighted by Gasteiger charge is -2.37. The quantitative estimate of drug-likeness (QED) is 0.790. The molecule has 3 saturated heterocycles. The Morgan fingerprint density at radius 3 is 2.89 bits per heavy atom. The molecule has 0 aromatic rings. The first-order valence-electron chi connectivity index (χ1n) is 7.99. The predicted octanol–water partition coefficient (Wildman–Crippen LogP) is 1.26. The minimum Gasteiger partial charge on any atom is -0.350 e. The number of hydrogen-bond acceptors (Lipinski definition) is 3. The van der Waals surface area contributed by atoms with E-state index >= 15 is 0 Å². The van der Waals surface area contributed by atoms with E-state index in [1.54, 1.807) is 0 Å². The lowest BCUT2D eigenvalue weighted by molar-refractivity contribution is -0.128. The van der Waals surface area contributed by atoms with E-state index in [9.17, 15) is 4.79 Å². The van der Waals surface area contributed by atoms with Crippen molar-refractivity contribution in [1.29, 1.82) is 0 Å². The van der Waals surface area contributed by atoms with Crippen molar-refractivity contribution in [3.63, 3.8) is 0 Å². The fourth-order valence-corrected chi connectivity index (χ4v) is 3.99. The number of hydrogen-bond donors (Lipinski definition) is 2. The number of carbonyl (C=O) groups is 1. The summed E-state index contributed by atoms with van der Waals surface area (Å²) in [5.41, 5.74) is -0.333. The fraction of sp³-hybridized carbons (Fsp3) is 0.933. The van der Waals surface area contributed by atoms with Gasteiger partial charge in [-0.2, -0.15) is 0 Å². The molecule has 0 saturated carbocycles. The van der Waals surface area contributed by atoms with Crippen molar-refractivity contribution in [2.24, 2.45) is 0 Å². The highest BCUT2D eigenvalue weighted by Crippen LogP contribution is 2.28. The van der Waals surface area contributed by atoms with E-state index in [-0.39, 0.29) is 11.4 Å². The third-order valence-corrected chi connectivity index (χ3v) is 5.29. The van der Waals surface area contributed by atoms with Gasteiger partial charge in [0, 0.05) is 18.6 Å². The normalized spacial score (nSPS) is 39.8. The summed E-state index contributed by atoms with van der Waals surface area (Å²) in [4.78, 5) is 15.1. The van der Waals surface area contributed by atoms with Crippen molar-refractivity contribution in [1.82, 2.24) is 15.5 Å². The molecule has 19 heavy (non-hydrogen) atoms. The van der Waals surface area contributed by atoms with E-state index in [4.69, 9.17) is 0 Å². The third kappa shape index (κ3) is 2.65. The van der Waals surface area contributed by atoms with Crippen LogP contribution in [0.4, 0.5) is 0 Å². The van der Waals surface area contributed by atoms with E-state index in [2.05, 4.69) is 22.5 Å². The second kappa shape index (κ2) is 5.41. The van der Waals surface area contributed by atoms with Gasteiger partial charge in [-0.1, -0.05) is 6.42 Å². The van der Waals surface area contributed by atoms with E-state index in [0.717, 1.165) is 25.8 Å². The Hall–Kier alpha value is -0.610. The largest absolute Gasteiger partial charge is 0.350 e. The SMILES string of the molecule is CC1(C(=O)NC2CCN3CCCCC23)CCCCN1. The summed E-state index contributed by atoms with van der Waals surface area (Å²) in [6.07, 6.45) is 8.38. The summed E-state index contributed by atoms with van der Waals surface area (Å²) in [7, 11) is 0. The second-order valence-corrected chi connectivity index (χ2v) is 6.68. The molecule has 4 nitrogen and oxygen atoms in total. The molecule has 0 bridgehead atoms. The number of carbonyl (C=O) groups excluding carboxylic acids is 1. The van der Waals surface area contributed by atoms with Crippen molar-refractivity contribution >= 4 is 5.91 Å². The third-order valence-electron chi connectivity index (χ3n) is 5.29. The predicted molar refractivity (Wildman–Crippen MR) is 76.0 cm³/mol. The van der Waals surface area contributed by atoms with Gasteiger partial charge in [-0.3, -0.25) is 9.69 Å². The molecule has 3 fully saturated rings. The molecule has 3 heterocycles. The average molecular weight is 265 g/mol. The Labute approximate surface area is 116 Å². The lowest BCUT2D eigenvalue weighted by atomic mass is 9.89.